The lowest BCUT2D eigenvalue weighted by Crippen LogP contribution is -2.52. The Bertz CT molecular complexity index is 958. The van der Waals surface area contributed by atoms with Gasteiger partial charge in [-0.05, 0) is 36.4 Å². The van der Waals surface area contributed by atoms with Crippen LogP contribution in [0.15, 0.2) is 48.5 Å². The maximum Gasteiger partial charge on any atom is 0.243 e. The summed E-state index contributed by atoms with van der Waals surface area (Å²) in [7, 11) is -2.07. The molecule has 3 rings (SSSR count). The highest BCUT2D eigenvalue weighted by Gasteiger charge is 2.27. The van der Waals surface area contributed by atoms with Crippen molar-refractivity contribution in [1.29, 1.82) is 0 Å². The largest absolute Gasteiger partial charge is 0.495 e. The molecule has 29 heavy (non-hydrogen) atoms. The minimum Gasteiger partial charge on any atom is -0.495 e. The predicted molar refractivity (Wildman–Crippen MR) is 110 cm³/mol. The molecule has 2 aromatic rings. The maximum atomic E-state index is 13.2. The fourth-order valence-electron chi connectivity index (χ4n) is 3.32. The molecule has 156 valence electrons. The standard InChI is InChI=1S/C20H24FN3O4S/c1-28-19-6-4-3-5-18(19)22-11-13-23(14-12-22)20(25)15-24(29(2,26)27)17-9-7-16(21)8-10-17/h3-10H,11-15H2,1-2H3. The minimum atomic E-state index is -3.69. The number of piperazine rings is 1. The monoisotopic (exact) mass is 421 g/mol. The molecule has 1 amide bonds. The molecular formula is C20H24FN3O4S. The zero-order valence-electron chi connectivity index (χ0n) is 16.4. The Morgan fingerprint density at radius 3 is 2.28 bits per heavy atom. The summed E-state index contributed by atoms with van der Waals surface area (Å²) >= 11 is 0. The van der Waals surface area contributed by atoms with Gasteiger partial charge in [-0.1, -0.05) is 12.1 Å². The van der Waals surface area contributed by atoms with Gasteiger partial charge in [0.15, 0.2) is 0 Å². The molecule has 7 nitrogen and oxygen atoms in total. The van der Waals surface area contributed by atoms with E-state index < -0.39 is 15.8 Å². The molecule has 0 atom stereocenters. The van der Waals surface area contributed by atoms with Crippen LogP contribution in [-0.4, -0.2) is 65.3 Å². The first-order valence-corrected chi connectivity index (χ1v) is 11.0. The van der Waals surface area contributed by atoms with Crippen LogP contribution in [0.1, 0.15) is 0 Å². The predicted octanol–water partition coefficient (Wildman–Crippen LogP) is 1.95. The molecule has 0 bridgehead atoms. The van der Waals surface area contributed by atoms with E-state index >= 15 is 0 Å². The highest BCUT2D eigenvalue weighted by molar-refractivity contribution is 7.92. The van der Waals surface area contributed by atoms with Gasteiger partial charge in [-0.3, -0.25) is 9.10 Å². The van der Waals surface area contributed by atoms with E-state index in [2.05, 4.69) is 4.90 Å². The van der Waals surface area contributed by atoms with E-state index in [4.69, 9.17) is 4.74 Å². The number of methoxy groups -OCH3 is 1. The van der Waals surface area contributed by atoms with Crippen molar-refractivity contribution in [3.63, 3.8) is 0 Å². The third-order valence-corrected chi connectivity index (χ3v) is 5.99. The highest BCUT2D eigenvalue weighted by Crippen LogP contribution is 2.28. The van der Waals surface area contributed by atoms with Crippen LogP contribution in [0.4, 0.5) is 15.8 Å². The van der Waals surface area contributed by atoms with E-state index in [0.29, 0.717) is 26.2 Å². The molecule has 0 radical (unpaired) electrons. The number of hydrogen-bond acceptors (Lipinski definition) is 5. The molecular weight excluding hydrogens is 397 g/mol. The smallest absolute Gasteiger partial charge is 0.243 e. The van der Waals surface area contributed by atoms with Gasteiger partial charge < -0.3 is 14.5 Å². The minimum absolute atomic E-state index is 0.259. The second-order valence-electron chi connectivity index (χ2n) is 6.79. The van der Waals surface area contributed by atoms with Gasteiger partial charge in [0.1, 0.15) is 18.1 Å². The molecule has 1 fully saturated rings. The summed E-state index contributed by atoms with van der Waals surface area (Å²) in [4.78, 5) is 16.5. The Balaban J connectivity index is 1.67. The highest BCUT2D eigenvalue weighted by atomic mass is 32.2. The molecule has 0 unspecified atom stereocenters. The average molecular weight is 421 g/mol. The molecule has 0 saturated carbocycles. The number of carbonyl (C=O) groups is 1. The second-order valence-corrected chi connectivity index (χ2v) is 8.69. The molecule has 1 saturated heterocycles. The van der Waals surface area contributed by atoms with Crippen molar-refractivity contribution < 1.29 is 22.3 Å². The lowest BCUT2D eigenvalue weighted by atomic mass is 10.2. The quantitative estimate of drug-likeness (QED) is 0.713. The number of carbonyl (C=O) groups excluding carboxylic acids is 1. The number of sulfonamides is 1. The summed E-state index contributed by atoms with van der Waals surface area (Å²) in [6.07, 6.45) is 1.03. The van der Waals surface area contributed by atoms with Crippen LogP contribution in [0, 0.1) is 5.82 Å². The van der Waals surface area contributed by atoms with Gasteiger partial charge in [0, 0.05) is 26.2 Å². The number of benzene rings is 2. The number of hydrogen-bond donors (Lipinski definition) is 0. The van der Waals surface area contributed by atoms with Crippen molar-refractivity contribution in [2.45, 2.75) is 0 Å². The number of rotatable bonds is 6. The fraction of sp³-hybridized carbons (Fsp3) is 0.350. The van der Waals surface area contributed by atoms with Crippen LogP contribution in [0.25, 0.3) is 0 Å². The fourth-order valence-corrected chi connectivity index (χ4v) is 4.17. The molecule has 9 heteroatoms. The number of amides is 1. The van der Waals surface area contributed by atoms with Crippen LogP contribution in [0.2, 0.25) is 0 Å². The van der Waals surface area contributed by atoms with Gasteiger partial charge in [0.2, 0.25) is 15.9 Å². The van der Waals surface area contributed by atoms with Crippen molar-refractivity contribution in [2.75, 3.05) is 55.3 Å². The maximum absolute atomic E-state index is 13.2. The third-order valence-electron chi connectivity index (χ3n) is 4.85. The summed E-state index contributed by atoms with van der Waals surface area (Å²) in [6, 6.07) is 12.7. The Hall–Kier alpha value is -2.81. The van der Waals surface area contributed by atoms with Gasteiger partial charge in [-0.2, -0.15) is 0 Å². The molecule has 0 spiro atoms. The molecule has 1 aliphatic heterocycles. The van der Waals surface area contributed by atoms with Crippen LogP contribution in [-0.2, 0) is 14.8 Å². The zero-order chi connectivity index (χ0) is 21.0. The van der Waals surface area contributed by atoms with E-state index in [1.165, 1.54) is 24.3 Å². The van der Waals surface area contributed by atoms with Crippen molar-refractivity contribution >= 4 is 27.3 Å². The summed E-state index contributed by atoms with van der Waals surface area (Å²) in [5.74, 6) is 0.00672. The van der Waals surface area contributed by atoms with Crippen LogP contribution in [0.3, 0.4) is 0 Å². The van der Waals surface area contributed by atoms with Gasteiger partial charge in [-0.25, -0.2) is 12.8 Å². The van der Waals surface area contributed by atoms with Crippen LogP contribution in [0.5, 0.6) is 5.75 Å². The molecule has 0 aliphatic carbocycles. The SMILES string of the molecule is COc1ccccc1N1CCN(C(=O)CN(c2ccc(F)cc2)S(C)(=O)=O)CC1. The molecule has 2 aromatic carbocycles. The van der Waals surface area contributed by atoms with E-state index in [1.54, 1.807) is 12.0 Å². The summed E-state index contributed by atoms with van der Waals surface area (Å²) in [5.41, 5.74) is 1.22. The van der Waals surface area contributed by atoms with Crippen LogP contribution < -0.4 is 13.9 Å². The molecule has 1 aliphatic rings. The molecule has 1 heterocycles. The number of ether oxygens (including phenoxy) is 1. The summed E-state index contributed by atoms with van der Waals surface area (Å²) < 4.78 is 43.9. The number of halogens is 1. The van der Waals surface area contributed by atoms with Crippen molar-refractivity contribution in [1.82, 2.24) is 4.90 Å². The zero-order valence-corrected chi connectivity index (χ0v) is 17.2. The Morgan fingerprint density at radius 1 is 1.07 bits per heavy atom. The Kier molecular flexibility index (Phi) is 6.26. The van der Waals surface area contributed by atoms with Gasteiger partial charge in [-0.15, -0.1) is 0 Å². The van der Waals surface area contributed by atoms with Crippen LogP contribution >= 0.6 is 0 Å². The lowest BCUT2D eigenvalue weighted by Gasteiger charge is -2.37. The second kappa shape index (κ2) is 8.69. The lowest BCUT2D eigenvalue weighted by molar-refractivity contribution is -0.129. The normalized spacial score (nSPS) is 14.6. The van der Waals surface area contributed by atoms with Crippen molar-refractivity contribution in [3.8, 4) is 5.75 Å². The number of anilines is 2. The van der Waals surface area contributed by atoms with Gasteiger partial charge >= 0.3 is 0 Å². The number of para-hydroxylation sites is 2. The topological polar surface area (TPSA) is 70.2 Å². The van der Waals surface area contributed by atoms with E-state index in [1.807, 2.05) is 24.3 Å². The first-order valence-electron chi connectivity index (χ1n) is 9.18. The molecule has 0 N–H and O–H groups in total. The Labute approximate surface area is 170 Å². The number of nitrogens with zero attached hydrogens (tertiary/aromatic N) is 3. The first-order chi connectivity index (χ1) is 13.8. The van der Waals surface area contributed by atoms with Crippen molar-refractivity contribution in [3.05, 3.63) is 54.3 Å². The van der Waals surface area contributed by atoms with Crippen molar-refractivity contribution in [2.24, 2.45) is 0 Å². The first kappa shape index (κ1) is 20.9. The molecule has 0 aromatic heterocycles. The van der Waals surface area contributed by atoms with E-state index in [-0.39, 0.29) is 18.1 Å². The average Bonchev–Trinajstić information content (AvgIpc) is 2.72. The summed E-state index contributed by atoms with van der Waals surface area (Å²) in [5, 5.41) is 0. The van der Waals surface area contributed by atoms with Gasteiger partial charge in [0.05, 0.1) is 24.7 Å². The van der Waals surface area contributed by atoms with E-state index in [0.717, 1.165) is 22.0 Å². The Morgan fingerprint density at radius 2 is 1.69 bits per heavy atom. The third kappa shape index (κ3) is 4.97. The van der Waals surface area contributed by atoms with Gasteiger partial charge in [0.25, 0.3) is 0 Å². The van der Waals surface area contributed by atoms with E-state index in [9.17, 15) is 17.6 Å². The summed E-state index contributed by atoms with van der Waals surface area (Å²) in [6.45, 7) is 1.85.